The lowest BCUT2D eigenvalue weighted by Crippen LogP contribution is -2.20. The lowest BCUT2D eigenvalue weighted by molar-refractivity contribution is 0.404. The van der Waals surface area contributed by atoms with Crippen LogP contribution in [-0.2, 0) is 0 Å². The number of nitrogens with one attached hydrogen (secondary N) is 1. The van der Waals surface area contributed by atoms with Crippen molar-refractivity contribution in [3.63, 3.8) is 0 Å². The normalized spacial score (nSPS) is 12.3. The average Bonchev–Trinajstić information content (AvgIpc) is 2.42. The summed E-state index contributed by atoms with van der Waals surface area (Å²) in [6.07, 6.45) is 0. The van der Waals surface area contributed by atoms with Crippen LogP contribution in [0.15, 0.2) is 34.8 Å². The fourth-order valence-corrected chi connectivity index (χ4v) is 3.37. The predicted octanol–water partition coefficient (Wildman–Crippen LogP) is 4.69. The number of ether oxygens (including phenoxy) is 1. The second-order valence-electron chi connectivity index (χ2n) is 5.42. The maximum Gasteiger partial charge on any atom is 0.124 e. The fourth-order valence-electron chi connectivity index (χ4n) is 2.90. The smallest absolute Gasteiger partial charge is 0.124 e. The van der Waals surface area contributed by atoms with Crippen molar-refractivity contribution in [3.05, 3.63) is 62.6 Å². The van der Waals surface area contributed by atoms with Crippen molar-refractivity contribution < 1.29 is 4.74 Å². The fraction of sp³-hybridized carbons (Fsp3) is 0.333. The molecule has 0 spiro atoms. The molecule has 3 heteroatoms. The predicted molar refractivity (Wildman–Crippen MR) is 92.2 cm³/mol. The molecule has 112 valence electrons. The zero-order valence-electron chi connectivity index (χ0n) is 13.3. The molecule has 1 N–H and O–H groups in total. The molecule has 0 heterocycles. The molecule has 0 fully saturated rings. The second-order valence-corrected chi connectivity index (χ2v) is 6.34. The molecule has 0 aromatic heterocycles. The molecule has 0 amide bonds. The van der Waals surface area contributed by atoms with Crippen LogP contribution < -0.4 is 10.1 Å². The van der Waals surface area contributed by atoms with Crippen LogP contribution in [0.25, 0.3) is 0 Å². The Labute approximate surface area is 135 Å². The molecular formula is C18H22BrNO. The van der Waals surface area contributed by atoms with E-state index in [0.29, 0.717) is 0 Å². The number of rotatable bonds is 4. The lowest BCUT2D eigenvalue weighted by atomic mass is 9.90. The molecule has 1 atom stereocenters. The Morgan fingerprint density at radius 2 is 1.76 bits per heavy atom. The van der Waals surface area contributed by atoms with Gasteiger partial charge in [0.05, 0.1) is 13.2 Å². The molecule has 0 saturated heterocycles. The van der Waals surface area contributed by atoms with E-state index in [0.717, 1.165) is 10.2 Å². The summed E-state index contributed by atoms with van der Waals surface area (Å²) >= 11 is 3.53. The number of halogens is 1. The van der Waals surface area contributed by atoms with Crippen LogP contribution >= 0.6 is 15.9 Å². The van der Waals surface area contributed by atoms with E-state index >= 15 is 0 Å². The van der Waals surface area contributed by atoms with Crippen LogP contribution in [0.1, 0.15) is 33.9 Å². The van der Waals surface area contributed by atoms with Gasteiger partial charge in [-0.25, -0.2) is 0 Å². The van der Waals surface area contributed by atoms with E-state index < -0.39 is 0 Å². The van der Waals surface area contributed by atoms with Crippen LogP contribution in [0.2, 0.25) is 0 Å². The van der Waals surface area contributed by atoms with Crippen molar-refractivity contribution in [3.8, 4) is 5.75 Å². The van der Waals surface area contributed by atoms with E-state index in [1.165, 1.54) is 27.8 Å². The highest BCUT2D eigenvalue weighted by molar-refractivity contribution is 9.10. The van der Waals surface area contributed by atoms with Gasteiger partial charge in [0.2, 0.25) is 0 Å². The molecular weight excluding hydrogens is 326 g/mol. The Bertz CT molecular complexity index is 652. The maximum absolute atomic E-state index is 5.63. The van der Waals surface area contributed by atoms with Crippen LogP contribution in [0.3, 0.4) is 0 Å². The standard InChI is InChI=1S/C18H22BrNO/c1-11-8-13(3)17(16(9-11)21-5)18(20-4)15-7-6-14(19)10-12(15)2/h6-10,18,20H,1-5H3. The Hall–Kier alpha value is -1.32. The van der Waals surface area contributed by atoms with E-state index in [1.54, 1.807) is 7.11 Å². The summed E-state index contributed by atoms with van der Waals surface area (Å²) < 4.78 is 6.73. The SMILES string of the molecule is CNC(c1ccc(Br)cc1C)c1c(C)cc(C)cc1OC. The van der Waals surface area contributed by atoms with Gasteiger partial charge in [0, 0.05) is 10.0 Å². The minimum absolute atomic E-state index is 0.119. The van der Waals surface area contributed by atoms with E-state index in [-0.39, 0.29) is 6.04 Å². The van der Waals surface area contributed by atoms with Crippen molar-refractivity contribution in [2.24, 2.45) is 0 Å². The van der Waals surface area contributed by atoms with Crippen LogP contribution in [0.4, 0.5) is 0 Å². The van der Waals surface area contributed by atoms with Crippen molar-refractivity contribution in [2.45, 2.75) is 26.8 Å². The number of hydrogen-bond acceptors (Lipinski definition) is 2. The summed E-state index contributed by atoms with van der Waals surface area (Å²) in [7, 11) is 3.73. The zero-order chi connectivity index (χ0) is 15.6. The van der Waals surface area contributed by atoms with Gasteiger partial charge in [-0.2, -0.15) is 0 Å². The lowest BCUT2D eigenvalue weighted by Gasteiger charge is -2.24. The number of aryl methyl sites for hydroxylation is 3. The molecule has 2 aromatic rings. The third-order valence-corrected chi connectivity index (χ3v) is 4.33. The van der Waals surface area contributed by atoms with Gasteiger partial charge >= 0.3 is 0 Å². The Balaban J connectivity index is 2.61. The number of methoxy groups -OCH3 is 1. The van der Waals surface area contributed by atoms with E-state index in [1.807, 2.05) is 7.05 Å². The van der Waals surface area contributed by atoms with Gasteiger partial charge in [-0.3, -0.25) is 0 Å². The first kappa shape index (κ1) is 16.1. The first-order valence-electron chi connectivity index (χ1n) is 7.06. The van der Waals surface area contributed by atoms with E-state index in [2.05, 4.69) is 72.3 Å². The third kappa shape index (κ3) is 3.30. The summed E-state index contributed by atoms with van der Waals surface area (Å²) in [6.45, 7) is 6.38. The molecule has 2 rings (SSSR count). The topological polar surface area (TPSA) is 21.3 Å². The van der Waals surface area contributed by atoms with Gasteiger partial charge in [0.15, 0.2) is 0 Å². The Kier molecular flexibility index (Phi) is 5.07. The molecule has 0 saturated carbocycles. The first-order valence-corrected chi connectivity index (χ1v) is 7.85. The minimum atomic E-state index is 0.119. The second kappa shape index (κ2) is 6.63. The van der Waals surface area contributed by atoms with Gasteiger partial charge in [0.1, 0.15) is 5.75 Å². The monoisotopic (exact) mass is 347 g/mol. The number of benzene rings is 2. The molecule has 2 aromatic carbocycles. The van der Waals surface area contributed by atoms with Crippen molar-refractivity contribution in [1.29, 1.82) is 0 Å². The van der Waals surface area contributed by atoms with E-state index in [9.17, 15) is 0 Å². The van der Waals surface area contributed by atoms with Crippen LogP contribution in [0, 0.1) is 20.8 Å². The summed E-state index contributed by atoms with van der Waals surface area (Å²) in [6, 6.07) is 10.8. The highest BCUT2D eigenvalue weighted by atomic mass is 79.9. The zero-order valence-corrected chi connectivity index (χ0v) is 14.8. The molecule has 0 radical (unpaired) electrons. The van der Waals surface area contributed by atoms with Crippen molar-refractivity contribution >= 4 is 15.9 Å². The van der Waals surface area contributed by atoms with Gasteiger partial charge < -0.3 is 10.1 Å². The summed E-state index contributed by atoms with van der Waals surface area (Å²) in [5, 5.41) is 3.43. The summed E-state index contributed by atoms with van der Waals surface area (Å²) in [5.41, 5.74) is 6.19. The third-order valence-electron chi connectivity index (χ3n) is 3.83. The quantitative estimate of drug-likeness (QED) is 0.865. The molecule has 1 unspecified atom stereocenters. The molecule has 0 aliphatic carbocycles. The van der Waals surface area contributed by atoms with Gasteiger partial charge in [-0.15, -0.1) is 0 Å². The molecule has 0 bridgehead atoms. The van der Waals surface area contributed by atoms with Crippen molar-refractivity contribution in [2.75, 3.05) is 14.2 Å². The molecule has 0 aliphatic rings. The van der Waals surface area contributed by atoms with Crippen LogP contribution in [0.5, 0.6) is 5.75 Å². The largest absolute Gasteiger partial charge is 0.496 e. The van der Waals surface area contributed by atoms with Gasteiger partial charge in [0.25, 0.3) is 0 Å². The minimum Gasteiger partial charge on any atom is -0.496 e. The highest BCUT2D eigenvalue weighted by Crippen LogP contribution is 2.35. The van der Waals surface area contributed by atoms with E-state index in [4.69, 9.17) is 4.74 Å². The highest BCUT2D eigenvalue weighted by Gasteiger charge is 2.21. The van der Waals surface area contributed by atoms with Gasteiger partial charge in [-0.05, 0) is 68.3 Å². The van der Waals surface area contributed by atoms with Crippen LogP contribution in [-0.4, -0.2) is 14.2 Å². The Morgan fingerprint density at radius 1 is 1.05 bits per heavy atom. The summed E-state index contributed by atoms with van der Waals surface area (Å²) in [5.74, 6) is 0.939. The molecule has 0 aliphatic heterocycles. The first-order chi connectivity index (χ1) is 9.97. The van der Waals surface area contributed by atoms with Crippen molar-refractivity contribution in [1.82, 2.24) is 5.32 Å². The molecule has 2 nitrogen and oxygen atoms in total. The summed E-state index contributed by atoms with van der Waals surface area (Å²) in [4.78, 5) is 0. The van der Waals surface area contributed by atoms with Gasteiger partial charge in [-0.1, -0.05) is 28.1 Å². The number of hydrogen-bond donors (Lipinski definition) is 1. The Morgan fingerprint density at radius 3 is 2.33 bits per heavy atom. The maximum atomic E-state index is 5.63. The average molecular weight is 348 g/mol. The molecule has 21 heavy (non-hydrogen) atoms.